The summed E-state index contributed by atoms with van der Waals surface area (Å²) in [5.41, 5.74) is 2.03. The molecule has 150 valence electrons. The first-order chi connectivity index (χ1) is 15.0. The number of halogens is 1. The van der Waals surface area contributed by atoms with E-state index in [0.29, 0.717) is 21.5 Å². The second kappa shape index (κ2) is 7.11. The van der Waals surface area contributed by atoms with Gasteiger partial charge in [-0.2, -0.15) is 5.26 Å². The maximum Gasteiger partial charge on any atom is 0.235 e. The van der Waals surface area contributed by atoms with Gasteiger partial charge in [0.2, 0.25) is 17.3 Å². The Morgan fingerprint density at radius 1 is 1.00 bits per heavy atom. The van der Waals surface area contributed by atoms with E-state index >= 15 is 0 Å². The number of ketones is 2. The van der Waals surface area contributed by atoms with Crippen molar-refractivity contribution >= 4 is 33.2 Å². The average molecular weight is 473 g/mol. The molecule has 0 spiro atoms. The van der Waals surface area contributed by atoms with Crippen molar-refractivity contribution < 1.29 is 19.4 Å². The number of nitriles is 1. The second-order valence-corrected chi connectivity index (χ2v) is 7.96. The molecule has 0 fully saturated rings. The van der Waals surface area contributed by atoms with Crippen molar-refractivity contribution in [3.05, 3.63) is 98.8 Å². The molecule has 5 rings (SSSR count). The zero-order valence-electron chi connectivity index (χ0n) is 15.9. The Hall–Kier alpha value is -3.89. The molecule has 1 N–H and O–H groups in total. The van der Waals surface area contributed by atoms with Gasteiger partial charge in [-0.25, -0.2) is 0 Å². The van der Waals surface area contributed by atoms with Crippen LogP contribution in [0.15, 0.2) is 76.6 Å². The maximum atomic E-state index is 13.6. The number of hydrogen-bond donors (Lipinski definition) is 1. The number of phenols is 1. The average Bonchev–Trinajstić information content (AvgIpc) is 2.97. The summed E-state index contributed by atoms with van der Waals surface area (Å²) in [6.45, 7) is 0.289. The summed E-state index contributed by atoms with van der Waals surface area (Å²) in [4.78, 5) is 28.7. The Balaban J connectivity index is 1.76. The second-order valence-electron chi connectivity index (χ2n) is 7.11. The highest BCUT2D eigenvalue weighted by atomic mass is 79.9. The standard InChI is InChI=1S/C24H13BrN2O4/c25-17-10-9-16-19(22(17)29)23(30)24-20(21(16)28)27(15-7-5-13(11-26)6-8-15)12-14-3-1-2-4-18(14)31-24/h1-10,29H,12H2. The third-order valence-electron chi connectivity index (χ3n) is 5.33. The van der Waals surface area contributed by atoms with Gasteiger partial charge in [0.05, 0.1) is 28.2 Å². The van der Waals surface area contributed by atoms with Crippen LogP contribution in [0.2, 0.25) is 0 Å². The van der Waals surface area contributed by atoms with E-state index in [4.69, 9.17) is 10.00 Å². The number of fused-ring (bicyclic) bond motifs is 2. The molecule has 1 aliphatic carbocycles. The van der Waals surface area contributed by atoms with E-state index in [-0.39, 0.29) is 34.9 Å². The van der Waals surface area contributed by atoms with Crippen LogP contribution in [-0.4, -0.2) is 16.7 Å². The van der Waals surface area contributed by atoms with Gasteiger partial charge < -0.3 is 14.7 Å². The molecule has 6 nitrogen and oxygen atoms in total. The number of ether oxygens (including phenoxy) is 1. The maximum absolute atomic E-state index is 13.6. The van der Waals surface area contributed by atoms with Crippen LogP contribution in [0.4, 0.5) is 5.69 Å². The van der Waals surface area contributed by atoms with Gasteiger partial charge in [-0.3, -0.25) is 9.59 Å². The summed E-state index contributed by atoms with van der Waals surface area (Å²) in [5, 5.41) is 19.6. The van der Waals surface area contributed by atoms with Crippen LogP contribution in [-0.2, 0) is 6.54 Å². The molecule has 0 unspecified atom stereocenters. The molecule has 0 bridgehead atoms. The van der Waals surface area contributed by atoms with Crippen LogP contribution >= 0.6 is 15.9 Å². The molecule has 31 heavy (non-hydrogen) atoms. The zero-order chi connectivity index (χ0) is 21.7. The van der Waals surface area contributed by atoms with Crippen molar-refractivity contribution in [3.8, 4) is 17.6 Å². The summed E-state index contributed by atoms with van der Waals surface area (Å²) in [7, 11) is 0. The molecule has 3 aromatic rings. The fourth-order valence-electron chi connectivity index (χ4n) is 3.81. The highest BCUT2D eigenvalue weighted by Crippen LogP contribution is 2.42. The number of phenolic OH excluding ortho intramolecular Hbond substituents is 1. The molecular weight excluding hydrogens is 460 g/mol. The molecule has 0 saturated heterocycles. The highest BCUT2D eigenvalue weighted by molar-refractivity contribution is 9.10. The number of nitrogens with zero attached hydrogens (tertiary/aromatic N) is 2. The number of para-hydroxylation sites is 1. The first kappa shape index (κ1) is 19.1. The lowest BCUT2D eigenvalue weighted by Gasteiger charge is -2.29. The lowest BCUT2D eigenvalue weighted by atomic mass is 9.89. The van der Waals surface area contributed by atoms with Crippen LogP contribution in [0.25, 0.3) is 0 Å². The molecule has 0 aromatic heterocycles. The number of Topliss-reactive ketones (excluding diaryl/α,β-unsaturated/α-hetero) is 2. The molecule has 0 atom stereocenters. The van der Waals surface area contributed by atoms with Crippen molar-refractivity contribution in [2.24, 2.45) is 0 Å². The number of anilines is 1. The summed E-state index contributed by atoms with van der Waals surface area (Å²) >= 11 is 3.21. The summed E-state index contributed by atoms with van der Waals surface area (Å²) < 4.78 is 6.30. The predicted molar refractivity (Wildman–Crippen MR) is 116 cm³/mol. The lowest BCUT2D eigenvalue weighted by molar-refractivity contribution is 0.0933. The Morgan fingerprint density at radius 3 is 2.48 bits per heavy atom. The van der Waals surface area contributed by atoms with Gasteiger partial charge in [-0.15, -0.1) is 0 Å². The van der Waals surface area contributed by atoms with Crippen LogP contribution in [0, 0.1) is 11.3 Å². The Labute approximate surface area is 185 Å². The van der Waals surface area contributed by atoms with Gasteiger partial charge in [0.15, 0.2) is 0 Å². The van der Waals surface area contributed by atoms with Crippen molar-refractivity contribution in [2.45, 2.75) is 6.54 Å². The van der Waals surface area contributed by atoms with Gasteiger partial charge in [0.25, 0.3) is 0 Å². The van der Waals surface area contributed by atoms with E-state index in [1.807, 2.05) is 12.1 Å². The number of carbonyl (C=O) groups excluding carboxylic acids is 2. The van der Waals surface area contributed by atoms with Crippen LogP contribution < -0.4 is 9.64 Å². The Morgan fingerprint density at radius 2 is 1.74 bits per heavy atom. The van der Waals surface area contributed by atoms with Crippen LogP contribution in [0.3, 0.4) is 0 Å². The van der Waals surface area contributed by atoms with Gasteiger partial charge in [0.1, 0.15) is 17.2 Å². The lowest BCUT2D eigenvalue weighted by Crippen LogP contribution is -2.34. The first-order valence-corrected chi connectivity index (χ1v) is 10.2. The minimum atomic E-state index is -0.571. The molecule has 0 amide bonds. The van der Waals surface area contributed by atoms with Gasteiger partial charge in [-0.05, 0) is 58.4 Å². The van der Waals surface area contributed by atoms with Crippen molar-refractivity contribution in [3.63, 3.8) is 0 Å². The number of rotatable bonds is 1. The Kier molecular flexibility index (Phi) is 4.38. The van der Waals surface area contributed by atoms with E-state index < -0.39 is 11.6 Å². The van der Waals surface area contributed by atoms with Gasteiger partial charge >= 0.3 is 0 Å². The number of carbonyl (C=O) groups is 2. The largest absolute Gasteiger partial charge is 0.506 e. The predicted octanol–water partition coefficient (Wildman–Crippen LogP) is 4.72. The number of hydrogen-bond acceptors (Lipinski definition) is 6. The molecule has 2 aliphatic rings. The number of allylic oxidation sites excluding steroid dienone is 2. The van der Waals surface area contributed by atoms with E-state index in [0.717, 1.165) is 5.56 Å². The third kappa shape index (κ3) is 2.92. The van der Waals surface area contributed by atoms with Crippen LogP contribution in [0.5, 0.6) is 11.5 Å². The van der Waals surface area contributed by atoms with E-state index in [9.17, 15) is 14.7 Å². The molecule has 3 aromatic carbocycles. The summed E-state index contributed by atoms with van der Waals surface area (Å²) in [6, 6.07) is 19.1. The summed E-state index contributed by atoms with van der Waals surface area (Å²) in [6.07, 6.45) is 0. The minimum absolute atomic E-state index is 0.0858. The molecule has 0 radical (unpaired) electrons. The fraction of sp³-hybridized carbons (Fsp3) is 0.0417. The van der Waals surface area contributed by atoms with Crippen molar-refractivity contribution in [2.75, 3.05) is 4.90 Å². The third-order valence-corrected chi connectivity index (χ3v) is 5.97. The molecule has 7 heteroatoms. The molecule has 1 heterocycles. The number of benzene rings is 3. The monoisotopic (exact) mass is 472 g/mol. The topological polar surface area (TPSA) is 90.6 Å². The summed E-state index contributed by atoms with van der Waals surface area (Å²) in [5.74, 6) is -0.970. The molecular formula is C24H13BrN2O4. The zero-order valence-corrected chi connectivity index (χ0v) is 17.5. The molecule has 1 aliphatic heterocycles. The quantitative estimate of drug-likeness (QED) is 0.551. The number of aromatic hydroxyl groups is 1. The van der Waals surface area contributed by atoms with Crippen LogP contribution in [0.1, 0.15) is 31.8 Å². The van der Waals surface area contributed by atoms with E-state index in [1.165, 1.54) is 12.1 Å². The van der Waals surface area contributed by atoms with Gasteiger partial charge in [0, 0.05) is 16.8 Å². The van der Waals surface area contributed by atoms with E-state index in [1.54, 1.807) is 41.3 Å². The first-order valence-electron chi connectivity index (χ1n) is 9.38. The fourth-order valence-corrected chi connectivity index (χ4v) is 4.14. The SMILES string of the molecule is N#Cc1ccc(N2Cc3ccccc3OC3=C2C(=O)c2ccc(Br)c(O)c2C3=O)cc1. The van der Waals surface area contributed by atoms with Crippen molar-refractivity contribution in [1.29, 1.82) is 5.26 Å². The Bertz CT molecular complexity index is 1350. The highest BCUT2D eigenvalue weighted by Gasteiger charge is 2.41. The normalized spacial score (nSPS) is 14.8. The van der Waals surface area contributed by atoms with Crippen molar-refractivity contribution in [1.82, 2.24) is 0 Å². The smallest absolute Gasteiger partial charge is 0.235 e. The van der Waals surface area contributed by atoms with E-state index in [2.05, 4.69) is 22.0 Å². The minimum Gasteiger partial charge on any atom is -0.506 e. The molecule has 0 saturated carbocycles. The van der Waals surface area contributed by atoms with Gasteiger partial charge in [-0.1, -0.05) is 18.2 Å².